The van der Waals surface area contributed by atoms with Gasteiger partial charge in [0.25, 0.3) is 0 Å². The fourth-order valence-electron chi connectivity index (χ4n) is 4.34. The van der Waals surface area contributed by atoms with Crippen LogP contribution in [0.5, 0.6) is 0 Å². The predicted octanol–water partition coefficient (Wildman–Crippen LogP) is 4.87. The number of benzene rings is 4. The highest BCUT2D eigenvalue weighted by atomic mass is 16.1. The highest BCUT2D eigenvalue weighted by Gasteiger charge is 2.33. The number of nitrogens with one attached hydrogen (secondary N) is 2. The zero-order valence-electron chi connectivity index (χ0n) is 18.5. The molecule has 0 atom stereocenters. The molecule has 0 aliphatic heterocycles. The van der Waals surface area contributed by atoms with E-state index in [2.05, 4.69) is 10.6 Å². The van der Waals surface area contributed by atoms with Crippen LogP contribution in [0.2, 0.25) is 0 Å². The van der Waals surface area contributed by atoms with Crippen LogP contribution in [0.4, 0.5) is 22.7 Å². The van der Waals surface area contributed by atoms with E-state index in [1.807, 2.05) is 54.6 Å². The van der Waals surface area contributed by atoms with Gasteiger partial charge in [0.2, 0.25) is 0 Å². The van der Waals surface area contributed by atoms with Gasteiger partial charge >= 0.3 is 0 Å². The zero-order chi connectivity index (χ0) is 23.7. The Morgan fingerprint density at radius 3 is 1.68 bits per heavy atom. The Kier molecular flexibility index (Phi) is 5.67. The molecule has 0 spiro atoms. The van der Waals surface area contributed by atoms with E-state index in [4.69, 9.17) is 11.5 Å². The maximum atomic E-state index is 13.7. The Bertz CT molecular complexity index is 1430. The van der Waals surface area contributed by atoms with Crippen LogP contribution in [0.3, 0.4) is 0 Å². The van der Waals surface area contributed by atoms with Crippen LogP contribution >= 0.6 is 0 Å². The van der Waals surface area contributed by atoms with Crippen molar-refractivity contribution in [1.82, 2.24) is 0 Å². The van der Waals surface area contributed by atoms with Crippen molar-refractivity contribution >= 4 is 34.3 Å². The summed E-state index contributed by atoms with van der Waals surface area (Å²) in [6, 6.07) is 25.8. The number of rotatable bonds is 6. The van der Waals surface area contributed by atoms with Gasteiger partial charge in [-0.1, -0.05) is 60.7 Å². The highest BCUT2D eigenvalue weighted by Crippen LogP contribution is 2.40. The third-order valence-electron chi connectivity index (χ3n) is 6.10. The molecular weight excluding hydrogens is 424 g/mol. The van der Waals surface area contributed by atoms with Crippen LogP contribution in [-0.2, 0) is 13.1 Å². The van der Waals surface area contributed by atoms with Gasteiger partial charge in [-0.2, -0.15) is 0 Å². The molecule has 4 aromatic rings. The van der Waals surface area contributed by atoms with Crippen molar-refractivity contribution in [2.75, 3.05) is 10.6 Å². The Balaban J connectivity index is 1.71. The molecule has 4 aromatic carbocycles. The maximum Gasteiger partial charge on any atom is 0.196 e. The van der Waals surface area contributed by atoms with E-state index in [1.165, 1.54) is 0 Å². The van der Waals surface area contributed by atoms with Crippen molar-refractivity contribution in [2.45, 2.75) is 13.1 Å². The molecule has 0 amide bonds. The van der Waals surface area contributed by atoms with Crippen LogP contribution < -0.4 is 22.1 Å². The Morgan fingerprint density at radius 1 is 0.529 bits per heavy atom. The van der Waals surface area contributed by atoms with Crippen molar-refractivity contribution in [3.8, 4) is 0 Å². The largest absolute Gasteiger partial charge is 0.354 e. The van der Waals surface area contributed by atoms with Gasteiger partial charge in [-0.15, -0.1) is 0 Å². The molecule has 168 valence electrons. The molecule has 5 rings (SSSR count). The van der Waals surface area contributed by atoms with Gasteiger partial charge < -0.3 is 22.1 Å². The number of anilines is 4. The van der Waals surface area contributed by atoms with Gasteiger partial charge in [0.05, 0.1) is 16.9 Å². The van der Waals surface area contributed by atoms with Crippen LogP contribution in [-0.4, -0.2) is 11.6 Å². The number of fused-ring (bicyclic) bond motifs is 2. The summed E-state index contributed by atoms with van der Waals surface area (Å²) in [5.74, 6) is -0.372. The number of carbonyl (C=O) groups excluding carboxylic acids is 2. The summed E-state index contributed by atoms with van der Waals surface area (Å²) in [5, 5.41) is 6.83. The number of nitrogens with two attached hydrogens (primary N) is 2. The van der Waals surface area contributed by atoms with Crippen LogP contribution in [0, 0.1) is 0 Å². The maximum absolute atomic E-state index is 13.7. The first kappa shape index (κ1) is 21.6. The summed E-state index contributed by atoms with van der Waals surface area (Å²) in [7, 11) is 0. The summed E-state index contributed by atoms with van der Waals surface area (Å²) in [5.41, 5.74) is 18.0. The van der Waals surface area contributed by atoms with Crippen LogP contribution in [0.1, 0.15) is 43.0 Å². The minimum absolute atomic E-state index is 0.172. The van der Waals surface area contributed by atoms with Gasteiger partial charge in [0.15, 0.2) is 11.6 Å². The number of hydrogen-bond acceptors (Lipinski definition) is 6. The number of para-hydroxylation sites is 2. The minimum atomic E-state index is -0.200. The van der Waals surface area contributed by atoms with E-state index < -0.39 is 0 Å². The summed E-state index contributed by atoms with van der Waals surface area (Å²) < 4.78 is 0. The lowest BCUT2D eigenvalue weighted by Crippen LogP contribution is -2.23. The van der Waals surface area contributed by atoms with E-state index in [0.29, 0.717) is 46.7 Å². The molecule has 0 unspecified atom stereocenters. The molecule has 0 saturated heterocycles. The normalized spacial score (nSPS) is 12.2. The molecule has 6 heteroatoms. The topological polar surface area (TPSA) is 110 Å². The van der Waals surface area contributed by atoms with Crippen LogP contribution in [0.25, 0.3) is 0 Å². The average molecular weight is 449 g/mol. The second-order valence-corrected chi connectivity index (χ2v) is 8.09. The lowest BCUT2D eigenvalue weighted by molar-refractivity contribution is 0.0980. The van der Waals surface area contributed by atoms with E-state index >= 15 is 0 Å². The Hall–Kier alpha value is -4.26. The predicted molar refractivity (Wildman–Crippen MR) is 135 cm³/mol. The van der Waals surface area contributed by atoms with E-state index in [9.17, 15) is 9.59 Å². The van der Waals surface area contributed by atoms with Crippen molar-refractivity contribution in [1.29, 1.82) is 0 Å². The lowest BCUT2D eigenvalue weighted by Gasteiger charge is -2.25. The second kappa shape index (κ2) is 8.94. The van der Waals surface area contributed by atoms with Gasteiger partial charge in [0, 0.05) is 41.2 Å². The zero-order valence-corrected chi connectivity index (χ0v) is 18.5. The van der Waals surface area contributed by atoms with Crippen LogP contribution in [0.15, 0.2) is 84.9 Å². The van der Waals surface area contributed by atoms with Crippen molar-refractivity contribution in [2.24, 2.45) is 11.5 Å². The van der Waals surface area contributed by atoms with Gasteiger partial charge in [-0.3, -0.25) is 9.59 Å². The minimum Gasteiger partial charge on any atom is -0.354 e. The van der Waals surface area contributed by atoms with Crippen molar-refractivity contribution in [3.63, 3.8) is 0 Å². The molecule has 1 aliphatic carbocycles. The molecule has 1 aliphatic rings. The Labute approximate surface area is 197 Å². The lowest BCUT2D eigenvalue weighted by atomic mass is 9.82. The van der Waals surface area contributed by atoms with E-state index in [1.54, 1.807) is 30.3 Å². The van der Waals surface area contributed by atoms with E-state index in [0.717, 1.165) is 22.5 Å². The standard InChI is InChI=1S/C28H24N4O2/c29-15-17-7-1-5-11-22(17)31-24-14-13-21-25(26(24)32-23-12-6-2-8-18(23)16-30)28(34)20-10-4-3-9-19(20)27(21)33/h1-14,31-32H,15-16,29-30H2. The quantitative estimate of drug-likeness (QED) is 0.295. The van der Waals surface area contributed by atoms with Crippen molar-refractivity contribution in [3.05, 3.63) is 118 Å². The molecule has 0 radical (unpaired) electrons. The first-order valence-electron chi connectivity index (χ1n) is 11.1. The average Bonchev–Trinajstić information content (AvgIpc) is 2.88. The SMILES string of the molecule is NCc1ccccc1Nc1ccc2c(c1Nc1ccccc1CN)C(=O)c1ccccc1C2=O. The monoisotopic (exact) mass is 448 g/mol. The second-order valence-electron chi connectivity index (χ2n) is 8.09. The van der Waals surface area contributed by atoms with Crippen molar-refractivity contribution < 1.29 is 9.59 Å². The summed E-state index contributed by atoms with van der Waals surface area (Å²) in [6.45, 7) is 0.685. The third-order valence-corrected chi connectivity index (χ3v) is 6.10. The number of carbonyl (C=O) groups is 2. The summed E-state index contributed by atoms with van der Waals surface area (Å²) in [4.78, 5) is 27.0. The molecular formula is C28H24N4O2. The van der Waals surface area contributed by atoms with E-state index in [-0.39, 0.29) is 11.6 Å². The fraction of sp³-hybridized carbons (Fsp3) is 0.0714. The van der Waals surface area contributed by atoms with Gasteiger partial charge in [0.1, 0.15) is 0 Å². The molecule has 0 heterocycles. The molecule has 0 bridgehead atoms. The molecule has 6 N–H and O–H groups in total. The first-order chi connectivity index (χ1) is 16.6. The third kappa shape index (κ3) is 3.65. The number of ketones is 2. The molecule has 0 saturated carbocycles. The van der Waals surface area contributed by atoms with Gasteiger partial charge in [-0.05, 0) is 35.4 Å². The molecule has 0 aromatic heterocycles. The molecule has 6 nitrogen and oxygen atoms in total. The summed E-state index contributed by atoms with van der Waals surface area (Å²) >= 11 is 0. The Morgan fingerprint density at radius 2 is 1.06 bits per heavy atom. The first-order valence-corrected chi connectivity index (χ1v) is 11.1. The molecule has 0 fully saturated rings. The fourth-order valence-corrected chi connectivity index (χ4v) is 4.34. The smallest absolute Gasteiger partial charge is 0.196 e. The van der Waals surface area contributed by atoms with Gasteiger partial charge in [-0.25, -0.2) is 0 Å². The highest BCUT2D eigenvalue weighted by molar-refractivity contribution is 6.31. The number of hydrogen-bond donors (Lipinski definition) is 4. The molecule has 34 heavy (non-hydrogen) atoms. The summed E-state index contributed by atoms with van der Waals surface area (Å²) in [6.07, 6.45) is 0.